The van der Waals surface area contributed by atoms with Gasteiger partial charge in [-0.15, -0.1) is 0 Å². The molecule has 0 bridgehead atoms. The highest BCUT2D eigenvalue weighted by Crippen LogP contribution is 2.57. The van der Waals surface area contributed by atoms with Gasteiger partial charge in [-0.1, -0.05) is 58.4 Å². The van der Waals surface area contributed by atoms with E-state index in [0.29, 0.717) is 17.5 Å². The average molecular weight is 616 g/mol. The number of aryl methyl sites for hydroxylation is 3. The van der Waals surface area contributed by atoms with Crippen LogP contribution >= 0.6 is 0 Å². The van der Waals surface area contributed by atoms with Crippen LogP contribution in [0.3, 0.4) is 0 Å². The number of amides is 3. The lowest BCUT2D eigenvalue weighted by atomic mass is 9.49. The van der Waals surface area contributed by atoms with Crippen LogP contribution in [0.25, 0.3) is 0 Å². The Kier molecular flexibility index (Phi) is 10.0. The summed E-state index contributed by atoms with van der Waals surface area (Å²) in [4.78, 5) is 41.9. The van der Waals surface area contributed by atoms with E-state index in [4.69, 9.17) is 11.5 Å². The number of primary amides is 1. The molecule has 0 spiro atoms. The van der Waals surface area contributed by atoms with Gasteiger partial charge < -0.3 is 26.6 Å². The molecule has 244 valence electrons. The minimum absolute atomic E-state index is 0.0576. The fourth-order valence-electron chi connectivity index (χ4n) is 8.68. The number of benzene rings is 2. The zero-order chi connectivity index (χ0) is 32.4. The van der Waals surface area contributed by atoms with Crippen molar-refractivity contribution < 1.29 is 14.4 Å². The van der Waals surface area contributed by atoms with Gasteiger partial charge in [0.25, 0.3) is 0 Å². The van der Waals surface area contributed by atoms with Crippen molar-refractivity contribution in [1.82, 2.24) is 10.2 Å². The quantitative estimate of drug-likeness (QED) is 0.330. The second-order valence-electron chi connectivity index (χ2n) is 14.5. The summed E-state index contributed by atoms with van der Waals surface area (Å²) in [5.74, 6) is -0.0569. The Labute approximate surface area is 269 Å². The van der Waals surface area contributed by atoms with Crippen molar-refractivity contribution in [2.75, 3.05) is 44.2 Å². The van der Waals surface area contributed by atoms with E-state index in [0.717, 1.165) is 51.5 Å². The molecule has 2 aromatic rings. The van der Waals surface area contributed by atoms with Gasteiger partial charge in [0, 0.05) is 25.3 Å². The number of carbonyl (C=O) groups is 3. The van der Waals surface area contributed by atoms with Crippen LogP contribution in [0.2, 0.25) is 0 Å². The zero-order valence-electron chi connectivity index (χ0n) is 27.8. The maximum atomic E-state index is 13.6. The number of rotatable bonds is 12. The minimum atomic E-state index is -0.597. The van der Waals surface area contributed by atoms with Crippen molar-refractivity contribution >= 4 is 23.4 Å². The summed E-state index contributed by atoms with van der Waals surface area (Å²) in [6, 6.07) is 13.0. The molecule has 8 heteroatoms. The van der Waals surface area contributed by atoms with E-state index in [2.05, 4.69) is 51.2 Å². The van der Waals surface area contributed by atoms with Crippen molar-refractivity contribution in [3.05, 3.63) is 64.2 Å². The van der Waals surface area contributed by atoms with Gasteiger partial charge in [-0.25, -0.2) is 0 Å². The Bertz CT molecular complexity index is 1420. The van der Waals surface area contributed by atoms with Crippen molar-refractivity contribution in [1.29, 1.82) is 0 Å². The SMILES string of the molecule is CC(C)c1ccc2c(c1)CCC1C(C)(CNCC(=O)N(CCN)CC(=O)N(CC(N)=O)c3ccc4c(c3)CCC4)CCCC21C. The Morgan fingerprint density at radius 1 is 0.933 bits per heavy atom. The first-order valence-electron chi connectivity index (χ1n) is 17.0. The number of nitrogens with zero attached hydrogens (tertiary/aromatic N) is 2. The maximum absolute atomic E-state index is 13.6. The molecule has 3 aliphatic rings. The van der Waals surface area contributed by atoms with Gasteiger partial charge >= 0.3 is 0 Å². The molecule has 3 amide bonds. The first-order chi connectivity index (χ1) is 21.4. The van der Waals surface area contributed by atoms with Crippen LogP contribution < -0.4 is 21.7 Å². The van der Waals surface area contributed by atoms with Crippen LogP contribution in [-0.2, 0) is 39.1 Å². The Morgan fingerprint density at radius 3 is 2.44 bits per heavy atom. The third-order valence-corrected chi connectivity index (χ3v) is 11.1. The Morgan fingerprint density at radius 2 is 1.71 bits per heavy atom. The molecule has 5 N–H and O–H groups in total. The van der Waals surface area contributed by atoms with E-state index in [1.54, 1.807) is 0 Å². The molecule has 0 saturated heterocycles. The Balaban J connectivity index is 1.24. The lowest BCUT2D eigenvalue weighted by molar-refractivity contribution is -0.134. The van der Waals surface area contributed by atoms with Gasteiger partial charge in [0.05, 0.1) is 6.54 Å². The summed E-state index contributed by atoms with van der Waals surface area (Å²) in [7, 11) is 0. The van der Waals surface area contributed by atoms with Crippen molar-refractivity contribution in [3.63, 3.8) is 0 Å². The van der Waals surface area contributed by atoms with Crippen LogP contribution in [-0.4, -0.2) is 61.9 Å². The van der Waals surface area contributed by atoms with Crippen LogP contribution in [0, 0.1) is 11.3 Å². The lowest BCUT2D eigenvalue weighted by Crippen LogP contribution is -2.54. The largest absolute Gasteiger partial charge is 0.368 e. The number of carbonyl (C=O) groups excluding carboxylic acids is 3. The van der Waals surface area contributed by atoms with Crippen molar-refractivity contribution in [3.8, 4) is 0 Å². The molecular weight excluding hydrogens is 562 g/mol. The predicted octanol–water partition coefficient (Wildman–Crippen LogP) is 4.20. The van der Waals surface area contributed by atoms with Gasteiger partial charge in [-0.05, 0) is 108 Å². The molecule has 1 fully saturated rings. The highest BCUT2D eigenvalue weighted by molar-refractivity contribution is 6.01. The van der Waals surface area contributed by atoms with Gasteiger partial charge in [0.1, 0.15) is 13.1 Å². The average Bonchev–Trinajstić information content (AvgIpc) is 3.47. The molecule has 0 aliphatic heterocycles. The highest BCUT2D eigenvalue weighted by atomic mass is 16.2. The van der Waals surface area contributed by atoms with Crippen LogP contribution in [0.1, 0.15) is 93.5 Å². The fourth-order valence-corrected chi connectivity index (χ4v) is 8.68. The molecule has 3 unspecified atom stereocenters. The summed E-state index contributed by atoms with van der Waals surface area (Å²) in [5.41, 5.74) is 19.2. The second kappa shape index (κ2) is 13.6. The zero-order valence-corrected chi connectivity index (χ0v) is 27.8. The number of hydrogen-bond donors (Lipinski definition) is 3. The van der Waals surface area contributed by atoms with Crippen LogP contribution in [0.5, 0.6) is 0 Å². The highest BCUT2D eigenvalue weighted by Gasteiger charge is 2.51. The number of anilines is 1. The lowest BCUT2D eigenvalue weighted by Gasteiger charge is -2.55. The Hall–Kier alpha value is -3.23. The predicted molar refractivity (Wildman–Crippen MR) is 180 cm³/mol. The molecule has 3 atom stereocenters. The van der Waals surface area contributed by atoms with E-state index in [1.165, 1.54) is 44.0 Å². The molecule has 3 aliphatic carbocycles. The van der Waals surface area contributed by atoms with E-state index < -0.39 is 5.91 Å². The summed E-state index contributed by atoms with van der Waals surface area (Å²) >= 11 is 0. The maximum Gasteiger partial charge on any atom is 0.247 e. The third-order valence-electron chi connectivity index (χ3n) is 11.1. The number of nitrogens with two attached hydrogens (primary N) is 2. The van der Waals surface area contributed by atoms with Crippen LogP contribution in [0.15, 0.2) is 36.4 Å². The third kappa shape index (κ3) is 6.97. The second-order valence-corrected chi connectivity index (χ2v) is 14.5. The molecular formula is C37H53N5O3. The summed E-state index contributed by atoms with van der Waals surface area (Å²) in [6.07, 6.45) is 8.80. The number of fused-ring (bicyclic) bond motifs is 4. The van der Waals surface area contributed by atoms with Gasteiger partial charge in [0.2, 0.25) is 17.7 Å². The summed E-state index contributed by atoms with van der Waals surface area (Å²) in [5, 5.41) is 3.50. The molecule has 0 heterocycles. The molecule has 1 saturated carbocycles. The topological polar surface area (TPSA) is 122 Å². The first kappa shape index (κ1) is 33.1. The van der Waals surface area contributed by atoms with E-state index in [1.807, 2.05) is 18.2 Å². The standard InChI is InChI=1S/C37H53N5O3/c1-25(2)27-10-13-31-29(19-27)11-14-32-36(3,15-6-16-37(31,32)4)24-40-21-34(44)41(18-17-38)23-35(45)42(22-33(39)43)30-12-9-26-7-5-8-28(26)20-30/h9-10,12-13,19-20,25,32,40H,5-8,11,14-18,21-24,38H2,1-4H3,(H2,39,43). The monoisotopic (exact) mass is 615 g/mol. The number of nitrogens with one attached hydrogen (secondary N) is 1. The normalized spacial score (nSPS) is 23.6. The molecule has 45 heavy (non-hydrogen) atoms. The smallest absolute Gasteiger partial charge is 0.247 e. The molecule has 2 aromatic carbocycles. The van der Waals surface area contributed by atoms with Gasteiger partial charge in [-0.2, -0.15) is 0 Å². The molecule has 8 nitrogen and oxygen atoms in total. The van der Waals surface area contributed by atoms with E-state index in [9.17, 15) is 14.4 Å². The van der Waals surface area contributed by atoms with E-state index >= 15 is 0 Å². The van der Waals surface area contributed by atoms with Crippen molar-refractivity contribution in [2.45, 2.75) is 90.4 Å². The summed E-state index contributed by atoms with van der Waals surface area (Å²) in [6.45, 7) is 10.3. The molecule has 0 radical (unpaired) electrons. The van der Waals surface area contributed by atoms with E-state index in [-0.39, 0.29) is 55.4 Å². The minimum Gasteiger partial charge on any atom is -0.368 e. The summed E-state index contributed by atoms with van der Waals surface area (Å²) < 4.78 is 0. The van der Waals surface area contributed by atoms with Gasteiger partial charge in [0.15, 0.2) is 0 Å². The van der Waals surface area contributed by atoms with Crippen molar-refractivity contribution in [2.24, 2.45) is 22.8 Å². The fraction of sp³-hybridized carbons (Fsp3) is 0.595. The molecule has 5 rings (SSSR count). The first-order valence-corrected chi connectivity index (χ1v) is 17.0. The number of hydrogen-bond acceptors (Lipinski definition) is 5. The van der Waals surface area contributed by atoms with Gasteiger partial charge in [-0.3, -0.25) is 14.4 Å². The molecule has 0 aromatic heterocycles. The van der Waals surface area contributed by atoms with Crippen LogP contribution in [0.4, 0.5) is 5.69 Å².